The van der Waals surface area contributed by atoms with Crippen molar-refractivity contribution in [2.24, 2.45) is 0 Å². The molecule has 2 heterocycles. The Balaban J connectivity index is 1.57. The number of aromatic amines is 1. The standard InChI is InChI=1S/C20H18F2N4O/c21-16-6-1-12(9-17(16)22)10-26-8-7-18-15(11-26)20(27)25-19(24-18)13-2-4-14(23)5-3-13/h1-6,9H,7-8,10-11,23H2,(H,24,25,27). The number of halogens is 2. The Bertz CT molecular complexity index is 1050. The quantitative estimate of drug-likeness (QED) is 0.697. The van der Waals surface area contributed by atoms with E-state index in [1.165, 1.54) is 6.07 Å². The first kappa shape index (κ1) is 17.4. The summed E-state index contributed by atoms with van der Waals surface area (Å²) in [6, 6.07) is 11.0. The molecular formula is C20H18F2N4O. The highest BCUT2D eigenvalue weighted by Crippen LogP contribution is 2.21. The van der Waals surface area contributed by atoms with Crippen molar-refractivity contribution < 1.29 is 8.78 Å². The van der Waals surface area contributed by atoms with E-state index in [1.54, 1.807) is 18.2 Å². The molecule has 7 heteroatoms. The van der Waals surface area contributed by atoms with Gasteiger partial charge >= 0.3 is 0 Å². The van der Waals surface area contributed by atoms with E-state index in [2.05, 4.69) is 9.97 Å². The van der Waals surface area contributed by atoms with Gasteiger partial charge in [0.15, 0.2) is 11.6 Å². The number of benzene rings is 2. The van der Waals surface area contributed by atoms with Crippen LogP contribution in [-0.4, -0.2) is 21.4 Å². The van der Waals surface area contributed by atoms with E-state index in [1.807, 2.05) is 17.0 Å². The van der Waals surface area contributed by atoms with Gasteiger partial charge in [0.25, 0.3) is 5.56 Å². The maximum absolute atomic E-state index is 13.4. The molecule has 0 aliphatic carbocycles. The highest BCUT2D eigenvalue weighted by Gasteiger charge is 2.22. The molecule has 5 nitrogen and oxygen atoms in total. The molecule has 0 spiro atoms. The number of anilines is 1. The van der Waals surface area contributed by atoms with E-state index in [4.69, 9.17) is 5.73 Å². The fourth-order valence-electron chi connectivity index (χ4n) is 3.29. The van der Waals surface area contributed by atoms with Gasteiger partial charge < -0.3 is 10.7 Å². The molecule has 0 amide bonds. The van der Waals surface area contributed by atoms with E-state index in [9.17, 15) is 13.6 Å². The van der Waals surface area contributed by atoms with Gasteiger partial charge in [-0.15, -0.1) is 0 Å². The van der Waals surface area contributed by atoms with Crippen LogP contribution in [0.2, 0.25) is 0 Å². The lowest BCUT2D eigenvalue weighted by Crippen LogP contribution is -2.35. The van der Waals surface area contributed by atoms with Crippen molar-refractivity contribution in [2.75, 3.05) is 12.3 Å². The molecule has 2 aromatic carbocycles. The molecule has 27 heavy (non-hydrogen) atoms. The molecule has 0 saturated heterocycles. The average molecular weight is 368 g/mol. The largest absolute Gasteiger partial charge is 0.399 e. The molecular weight excluding hydrogens is 350 g/mol. The van der Waals surface area contributed by atoms with Gasteiger partial charge in [0.05, 0.1) is 11.3 Å². The van der Waals surface area contributed by atoms with Gasteiger partial charge in [-0.2, -0.15) is 0 Å². The first-order chi connectivity index (χ1) is 13.0. The Kier molecular flexibility index (Phi) is 4.45. The SMILES string of the molecule is Nc1ccc(-c2nc3c(c(=O)[nH]2)CN(Cc2ccc(F)c(F)c2)CC3)cc1. The van der Waals surface area contributed by atoms with Crippen molar-refractivity contribution in [1.29, 1.82) is 0 Å². The molecule has 0 radical (unpaired) electrons. The van der Waals surface area contributed by atoms with Crippen molar-refractivity contribution >= 4 is 5.69 Å². The van der Waals surface area contributed by atoms with Gasteiger partial charge in [-0.25, -0.2) is 13.8 Å². The van der Waals surface area contributed by atoms with Crippen LogP contribution in [0, 0.1) is 11.6 Å². The highest BCUT2D eigenvalue weighted by molar-refractivity contribution is 5.58. The number of hydrogen-bond acceptors (Lipinski definition) is 4. The summed E-state index contributed by atoms with van der Waals surface area (Å²) in [6.07, 6.45) is 0.616. The van der Waals surface area contributed by atoms with E-state index in [0.29, 0.717) is 48.7 Å². The zero-order valence-corrected chi connectivity index (χ0v) is 14.5. The monoisotopic (exact) mass is 368 g/mol. The zero-order chi connectivity index (χ0) is 19.0. The van der Waals surface area contributed by atoms with Gasteiger partial charge in [0.2, 0.25) is 0 Å². The average Bonchev–Trinajstić information content (AvgIpc) is 2.66. The number of nitrogens with one attached hydrogen (secondary N) is 1. The second-order valence-electron chi connectivity index (χ2n) is 6.67. The lowest BCUT2D eigenvalue weighted by atomic mass is 10.1. The molecule has 0 atom stereocenters. The predicted octanol–water partition coefficient (Wildman–Crippen LogP) is 2.86. The minimum absolute atomic E-state index is 0.179. The van der Waals surface area contributed by atoms with Crippen molar-refractivity contribution in [3.8, 4) is 11.4 Å². The fraction of sp³-hybridized carbons (Fsp3) is 0.200. The number of fused-ring (bicyclic) bond motifs is 1. The lowest BCUT2D eigenvalue weighted by molar-refractivity contribution is 0.241. The number of nitrogens with two attached hydrogens (primary N) is 1. The summed E-state index contributed by atoms with van der Waals surface area (Å²) in [6.45, 7) is 1.54. The fourth-order valence-corrected chi connectivity index (χ4v) is 3.29. The lowest BCUT2D eigenvalue weighted by Gasteiger charge is -2.27. The Morgan fingerprint density at radius 2 is 1.89 bits per heavy atom. The van der Waals surface area contributed by atoms with Crippen LogP contribution in [0.5, 0.6) is 0 Å². The Labute approximate surface area is 154 Å². The third-order valence-corrected chi connectivity index (χ3v) is 4.72. The summed E-state index contributed by atoms with van der Waals surface area (Å²) >= 11 is 0. The molecule has 0 fully saturated rings. The minimum atomic E-state index is -0.863. The topological polar surface area (TPSA) is 75.0 Å². The van der Waals surface area contributed by atoms with E-state index >= 15 is 0 Å². The summed E-state index contributed by atoms with van der Waals surface area (Å²) in [5, 5.41) is 0. The molecule has 1 aliphatic heterocycles. The molecule has 138 valence electrons. The summed E-state index contributed by atoms with van der Waals surface area (Å²) in [7, 11) is 0. The molecule has 0 unspecified atom stereocenters. The van der Waals surface area contributed by atoms with Crippen LogP contribution < -0.4 is 11.3 Å². The van der Waals surface area contributed by atoms with Crippen LogP contribution in [-0.2, 0) is 19.5 Å². The van der Waals surface area contributed by atoms with Gasteiger partial charge in [-0.05, 0) is 42.0 Å². The Morgan fingerprint density at radius 1 is 1.11 bits per heavy atom. The smallest absolute Gasteiger partial charge is 0.255 e. The van der Waals surface area contributed by atoms with E-state index in [0.717, 1.165) is 17.3 Å². The third-order valence-electron chi connectivity index (χ3n) is 4.72. The molecule has 1 aliphatic rings. The van der Waals surface area contributed by atoms with Crippen LogP contribution >= 0.6 is 0 Å². The number of H-pyrrole nitrogens is 1. The first-order valence-corrected chi connectivity index (χ1v) is 8.64. The third kappa shape index (κ3) is 3.59. The van der Waals surface area contributed by atoms with Crippen LogP contribution in [0.1, 0.15) is 16.8 Å². The number of nitrogens with zero attached hydrogens (tertiary/aromatic N) is 2. The molecule has 0 bridgehead atoms. The zero-order valence-electron chi connectivity index (χ0n) is 14.5. The summed E-state index contributed by atoms with van der Waals surface area (Å²) in [5.74, 6) is -1.20. The number of hydrogen-bond donors (Lipinski definition) is 2. The minimum Gasteiger partial charge on any atom is -0.399 e. The van der Waals surface area contributed by atoms with Gasteiger partial charge in [-0.3, -0.25) is 9.69 Å². The van der Waals surface area contributed by atoms with Crippen LogP contribution in [0.15, 0.2) is 47.3 Å². The predicted molar refractivity (Wildman–Crippen MR) is 98.9 cm³/mol. The van der Waals surface area contributed by atoms with Crippen molar-refractivity contribution in [3.05, 3.63) is 81.3 Å². The first-order valence-electron chi connectivity index (χ1n) is 8.64. The Morgan fingerprint density at radius 3 is 2.63 bits per heavy atom. The maximum atomic E-state index is 13.4. The van der Waals surface area contributed by atoms with Crippen LogP contribution in [0.25, 0.3) is 11.4 Å². The van der Waals surface area contributed by atoms with E-state index in [-0.39, 0.29) is 5.56 Å². The van der Waals surface area contributed by atoms with Crippen molar-refractivity contribution in [1.82, 2.24) is 14.9 Å². The van der Waals surface area contributed by atoms with Crippen molar-refractivity contribution in [2.45, 2.75) is 19.5 Å². The summed E-state index contributed by atoms with van der Waals surface area (Å²) in [4.78, 5) is 22.0. The molecule has 4 rings (SSSR count). The molecule has 3 aromatic rings. The number of rotatable bonds is 3. The van der Waals surface area contributed by atoms with Crippen LogP contribution in [0.4, 0.5) is 14.5 Å². The number of aromatic nitrogens is 2. The summed E-state index contributed by atoms with van der Waals surface area (Å²) < 4.78 is 26.5. The second-order valence-corrected chi connectivity index (χ2v) is 6.67. The van der Waals surface area contributed by atoms with Gasteiger partial charge in [0.1, 0.15) is 5.82 Å². The van der Waals surface area contributed by atoms with Crippen molar-refractivity contribution in [3.63, 3.8) is 0 Å². The Hall–Kier alpha value is -3.06. The summed E-state index contributed by atoms with van der Waals surface area (Å²) in [5.41, 5.74) is 9.02. The molecule has 0 saturated carbocycles. The van der Waals surface area contributed by atoms with Crippen LogP contribution in [0.3, 0.4) is 0 Å². The molecule has 1 aromatic heterocycles. The molecule has 3 N–H and O–H groups in total. The van der Waals surface area contributed by atoms with Gasteiger partial charge in [0, 0.05) is 37.3 Å². The second kappa shape index (κ2) is 6.92. The van der Waals surface area contributed by atoms with Gasteiger partial charge in [-0.1, -0.05) is 6.07 Å². The van der Waals surface area contributed by atoms with E-state index < -0.39 is 11.6 Å². The highest BCUT2D eigenvalue weighted by atomic mass is 19.2. The maximum Gasteiger partial charge on any atom is 0.255 e. The number of nitrogen functional groups attached to an aromatic ring is 1. The normalized spacial score (nSPS) is 14.1.